The monoisotopic (exact) mass is 211 g/mol. The van der Waals surface area contributed by atoms with Crippen molar-refractivity contribution in [2.24, 2.45) is 10.9 Å². The zero-order valence-electron chi connectivity index (χ0n) is 10.5. The van der Waals surface area contributed by atoms with Crippen LogP contribution >= 0.6 is 0 Å². The minimum Gasteiger partial charge on any atom is -0.357 e. The molecule has 3 nitrogen and oxygen atoms in total. The van der Waals surface area contributed by atoms with Gasteiger partial charge in [-0.1, -0.05) is 26.0 Å². The van der Waals surface area contributed by atoms with Crippen LogP contribution in [0.25, 0.3) is 0 Å². The van der Waals surface area contributed by atoms with Gasteiger partial charge < -0.3 is 10.6 Å². The fourth-order valence-corrected chi connectivity index (χ4v) is 1.06. The van der Waals surface area contributed by atoms with E-state index in [9.17, 15) is 0 Å². The van der Waals surface area contributed by atoms with Crippen LogP contribution in [-0.2, 0) is 0 Å². The van der Waals surface area contributed by atoms with Gasteiger partial charge >= 0.3 is 0 Å². The molecular weight excluding hydrogens is 186 g/mol. The zero-order chi connectivity index (χ0) is 11.5. The number of nitrogens with one attached hydrogen (secondary N) is 2. The molecule has 3 heteroatoms. The van der Waals surface area contributed by atoms with Gasteiger partial charge in [-0.25, -0.2) is 0 Å². The summed E-state index contributed by atoms with van der Waals surface area (Å²) < 4.78 is 0. The smallest absolute Gasteiger partial charge is 0.191 e. The van der Waals surface area contributed by atoms with Crippen molar-refractivity contribution in [3.63, 3.8) is 0 Å². The van der Waals surface area contributed by atoms with E-state index in [0.29, 0.717) is 5.92 Å². The van der Waals surface area contributed by atoms with Gasteiger partial charge in [0.2, 0.25) is 0 Å². The Bertz CT molecular complexity index is 195. The Hall–Kier alpha value is -0.990. The highest BCUT2D eigenvalue weighted by Gasteiger charge is 1.96. The lowest BCUT2D eigenvalue weighted by Gasteiger charge is -2.10. The van der Waals surface area contributed by atoms with E-state index in [4.69, 9.17) is 0 Å². The summed E-state index contributed by atoms with van der Waals surface area (Å²) in [5.41, 5.74) is 0. The van der Waals surface area contributed by atoms with Gasteiger partial charge in [0, 0.05) is 19.6 Å². The van der Waals surface area contributed by atoms with Crippen molar-refractivity contribution in [1.29, 1.82) is 0 Å². The molecule has 0 rings (SSSR count). The molecule has 15 heavy (non-hydrogen) atoms. The number of guanidine groups is 1. The van der Waals surface area contributed by atoms with Gasteiger partial charge in [-0.15, -0.1) is 0 Å². The molecule has 0 aliphatic heterocycles. The Labute approximate surface area is 94.1 Å². The van der Waals surface area contributed by atoms with E-state index in [1.165, 1.54) is 0 Å². The lowest BCUT2D eigenvalue weighted by Crippen LogP contribution is -2.37. The highest BCUT2D eigenvalue weighted by Crippen LogP contribution is 1.91. The molecule has 0 saturated carbocycles. The summed E-state index contributed by atoms with van der Waals surface area (Å²) in [6, 6.07) is 0. The number of hydrogen-bond acceptors (Lipinski definition) is 1. The van der Waals surface area contributed by atoms with Gasteiger partial charge in [0.05, 0.1) is 0 Å². The van der Waals surface area contributed by atoms with E-state index < -0.39 is 0 Å². The molecule has 0 aromatic carbocycles. The van der Waals surface area contributed by atoms with E-state index in [0.717, 1.165) is 32.0 Å². The fourth-order valence-electron chi connectivity index (χ4n) is 1.06. The first kappa shape index (κ1) is 14.0. The summed E-state index contributed by atoms with van der Waals surface area (Å²) in [4.78, 5) is 4.48. The van der Waals surface area contributed by atoms with Crippen LogP contribution in [0, 0.1) is 5.92 Å². The molecular formula is C12H25N3. The van der Waals surface area contributed by atoms with Crippen LogP contribution < -0.4 is 10.6 Å². The van der Waals surface area contributed by atoms with E-state index in [2.05, 4.69) is 48.5 Å². The van der Waals surface area contributed by atoms with Gasteiger partial charge in [0.1, 0.15) is 0 Å². The SMILES string of the molecule is C/C=C/CCNC(=NCC(C)C)NCC. The Morgan fingerprint density at radius 2 is 2.07 bits per heavy atom. The first-order valence-electron chi connectivity index (χ1n) is 5.84. The second-order valence-corrected chi connectivity index (χ2v) is 3.90. The van der Waals surface area contributed by atoms with Gasteiger partial charge in [-0.3, -0.25) is 4.99 Å². The number of allylic oxidation sites excluding steroid dienone is 1. The molecule has 0 bridgehead atoms. The van der Waals surface area contributed by atoms with Crippen molar-refractivity contribution in [3.8, 4) is 0 Å². The molecule has 0 aliphatic carbocycles. The van der Waals surface area contributed by atoms with E-state index in [-0.39, 0.29) is 0 Å². The normalized spacial score (nSPS) is 12.5. The third-order valence-electron chi connectivity index (χ3n) is 1.80. The van der Waals surface area contributed by atoms with Crippen LogP contribution in [0.1, 0.15) is 34.1 Å². The van der Waals surface area contributed by atoms with Gasteiger partial charge in [-0.05, 0) is 26.2 Å². The maximum absolute atomic E-state index is 4.48. The molecule has 0 unspecified atom stereocenters. The molecule has 0 radical (unpaired) electrons. The average Bonchev–Trinajstić information content (AvgIpc) is 2.20. The second kappa shape index (κ2) is 9.56. The molecule has 0 fully saturated rings. The Morgan fingerprint density at radius 3 is 2.60 bits per heavy atom. The van der Waals surface area contributed by atoms with Crippen LogP contribution in [0.5, 0.6) is 0 Å². The Kier molecular flexibility index (Phi) is 8.93. The molecule has 0 atom stereocenters. The Morgan fingerprint density at radius 1 is 1.33 bits per heavy atom. The number of hydrogen-bond donors (Lipinski definition) is 2. The van der Waals surface area contributed by atoms with Crippen molar-refractivity contribution in [3.05, 3.63) is 12.2 Å². The van der Waals surface area contributed by atoms with Crippen molar-refractivity contribution in [2.75, 3.05) is 19.6 Å². The number of rotatable bonds is 6. The van der Waals surface area contributed by atoms with Gasteiger partial charge in [-0.2, -0.15) is 0 Å². The molecule has 0 aliphatic rings. The van der Waals surface area contributed by atoms with Gasteiger partial charge in [0.15, 0.2) is 5.96 Å². The van der Waals surface area contributed by atoms with E-state index >= 15 is 0 Å². The largest absolute Gasteiger partial charge is 0.357 e. The molecule has 0 saturated heterocycles. The lowest BCUT2D eigenvalue weighted by molar-refractivity contribution is 0.657. The molecule has 0 aromatic heterocycles. The summed E-state index contributed by atoms with van der Waals surface area (Å²) in [5, 5.41) is 6.53. The Balaban J connectivity index is 3.86. The summed E-state index contributed by atoms with van der Waals surface area (Å²) >= 11 is 0. The van der Waals surface area contributed by atoms with Crippen molar-refractivity contribution >= 4 is 5.96 Å². The van der Waals surface area contributed by atoms with Crippen molar-refractivity contribution in [1.82, 2.24) is 10.6 Å². The first-order valence-corrected chi connectivity index (χ1v) is 5.84. The quantitative estimate of drug-likeness (QED) is 0.306. The number of aliphatic imine (C=N–C) groups is 1. The highest BCUT2D eigenvalue weighted by molar-refractivity contribution is 5.79. The maximum Gasteiger partial charge on any atom is 0.191 e. The molecule has 0 amide bonds. The van der Waals surface area contributed by atoms with Crippen LogP contribution in [0.15, 0.2) is 17.1 Å². The summed E-state index contributed by atoms with van der Waals surface area (Å²) in [6.07, 6.45) is 5.27. The third kappa shape index (κ3) is 9.32. The fraction of sp³-hybridized carbons (Fsp3) is 0.750. The van der Waals surface area contributed by atoms with Crippen LogP contribution in [-0.4, -0.2) is 25.6 Å². The minimum atomic E-state index is 0.607. The van der Waals surface area contributed by atoms with Crippen molar-refractivity contribution < 1.29 is 0 Å². The molecule has 0 aromatic rings. The standard InChI is InChI=1S/C12H25N3/c1-5-7-8-9-14-12(13-6-2)15-10-11(3)4/h5,7,11H,6,8-10H2,1-4H3,(H2,13,14,15)/b7-5+. The third-order valence-corrected chi connectivity index (χ3v) is 1.80. The molecule has 0 heterocycles. The van der Waals surface area contributed by atoms with E-state index in [1.54, 1.807) is 0 Å². The predicted octanol–water partition coefficient (Wildman–Crippen LogP) is 2.16. The van der Waals surface area contributed by atoms with Crippen LogP contribution in [0.4, 0.5) is 0 Å². The van der Waals surface area contributed by atoms with Crippen LogP contribution in [0.2, 0.25) is 0 Å². The maximum atomic E-state index is 4.48. The van der Waals surface area contributed by atoms with Crippen LogP contribution in [0.3, 0.4) is 0 Å². The zero-order valence-corrected chi connectivity index (χ0v) is 10.5. The highest BCUT2D eigenvalue weighted by atomic mass is 15.2. The number of nitrogens with zero attached hydrogens (tertiary/aromatic N) is 1. The molecule has 2 N–H and O–H groups in total. The van der Waals surface area contributed by atoms with Gasteiger partial charge in [0.25, 0.3) is 0 Å². The topological polar surface area (TPSA) is 36.4 Å². The second-order valence-electron chi connectivity index (χ2n) is 3.90. The van der Waals surface area contributed by atoms with Crippen molar-refractivity contribution in [2.45, 2.75) is 34.1 Å². The summed E-state index contributed by atoms with van der Waals surface area (Å²) in [5.74, 6) is 1.53. The molecule has 0 spiro atoms. The average molecular weight is 211 g/mol. The van der Waals surface area contributed by atoms with E-state index in [1.807, 2.05) is 6.92 Å². The predicted molar refractivity (Wildman–Crippen MR) is 68.3 cm³/mol. The summed E-state index contributed by atoms with van der Waals surface area (Å²) in [7, 11) is 0. The summed E-state index contributed by atoms with van der Waals surface area (Å²) in [6.45, 7) is 11.2. The first-order chi connectivity index (χ1) is 7.20. The molecule has 88 valence electrons. The minimum absolute atomic E-state index is 0.607. The lowest BCUT2D eigenvalue weighted by atomic mass is 10.2.